The minimum absolute atomic E-state index is 0.353. The minimum Gasteiger partial charge on any atom is -0.341 e. The number of anilines is 1. The monoisotopic (exact) mass is 461 g/mol. The maximum Gasteiger partial charge on any atom is 0.290 e. The Morgan fingerprint density at radius 1 is 1.09 bits per heavy atom. The first-order chi connectivity index (χ1) is 16.1. The number of pyridine rings is 2. The summed E-state index contributed by atoms with van der Waals surface area (Å²) in [5, 5.41) is 6.48. The van der Waals surface area contributed by atoms with Crippen molar-refractivity contribution in [2.24, 2.45) is 5.92 Å². The molecule has 0 aliphatic carbocycles. The van der Waals surface area contributed by atoms with Gasteiger partial charge in [0.05, 0.1) is 16.3 Å². The summed E-state index contributed by atoms with van der Waals surface area (Å²) in [5.41, 5.74) is 2.39. The van der Waals surface area contributed by atoms with Crippen molar-refractivity contribution in [1.29, 1.82) is 0 Å². The molecule has 2 aliphatic heterocycles. The number of piperidine rings is 1. The van der Waals surface area contributed by atoms with Crippen LogP contribution in [0.3, 0.4) is 0 Å². The number of hydrogen-bond donors (Lipinski definition) is 2. The van der Waals surface area contributed by atoms with E-state index in [0.29, 0.717) is 22.5 Å². The molecule has 3 aromatic heterocycles. The van der Waals surface area contributed by atoms with Crippen LogP contribution in [-0.4, -0.2) is 50.7 Å². The second-order valence-corrected chi connectivity index (χ2v) is 9.06. The first-order valence-corrected chi connectivity index (χ1v) is 11.7. The van der Waals surface area contributed by atoms with Gasteiger partial charge < -0.3 is 10.2 Å². The average Bonchev–Trinajstić information content (AvgIpc) is 3.16. The van der Waals surface area contributed by atoms with E-state index in [-0.39, 0.29) is 11.1 Å². The van der Waals surface area contributed by atoms with E-state index in [1.807, 2.05) is 18.2 Å². The van der Waals surface area contributed by atoms with Crippen molar-refractivity contribution < 1.29 is 9.59 Å². The van der Waals surface area contributed by atoms with Crippen LogP contribution in [0.5, 0.6) is 0 Å². The Hall–Kier alpha value is -3.37. The molecule has 5 heterocycles. The van der Waals surface area contributed by atoms with Crippen LogP contribution in [0.2, 0.25) is 0 Å². The van der Waals surface area contributed by atoms with Crippen molar-refractivity contribution in [2.75, 3.05) is 24.5 Å². The number of imide groups is 1. The largest absolute Gasteiger partial charge is 0.341 e. The quantitative estimate of drug-likeness (QED) is 0.535. The molecule has 0 unspecified atom stereocenters. The molecule has 3 aromatic rings. The lowest BCUT2D eigenvalue weighted by atomic mass is 9.97. The summed E-state index contributed by atoms with van der Waals surface area (Å²) in [4.78, 5) is 43.5. The number of carbonyl (C=O) groups is 2. The van der Waals surface area contributed by atoms with E-state index >= 15 is 0 Å². The molecule has 2 fully saturated rings. The van der Waals surface area contributed by atoms with Crippen LogP contribution in [0.4, 0.5) is 10.7 Å². The Labute approximate surface area is 195 Å². The van der Waals surface area contributed by atoms with Gasteiger partial charge >= 0.3 is 0 Å². The molecule has 0 radical (unpaired) electrons. The van der Waals surface area contributed by atoms with Crippen molar-refractivity contribution >= 4 is 46.0 Å². The van der Waals surface area contributed by atoms with E-state index in [4.69, 9.17) is 0 Å². The van der Waals surface area contributed by atoms with Crippen molar-refractivity contribution in [2.45, 2.75) is 19.4 Å². The van der Waals surface area contributed by atoms with Gasteiger partial charge in [-0.3, -0.25) is 14.9 Å². The molecule has 2 amide bonds. The summed E-state index contributed by atoms with van der Waals surface area (Å²) in [6.07, 6.45) is 7.17. The maximum absolute atomic E-state index is 11.8. The molecule has 0 spiro atoms. The number of nitrogens with zero attached hydrogens (tertiary/aromatic N) is 5. The predicted molar refractivity (Wildman–Crippen MR) is 127 cm³/mol. The van der Waals surface area contributed by atoms with Gasteiger partial charge in [-0.25, -0.2) is 19.9 Å². The molecule has 33 heavy (non-hydrogen) atoms. The van der Waals surface area contributed by atoms with E-state index in [1.54, 1.807) is 24.5 Å². The summed E-state index contributed by atoms with van der Waals surface area (Å²) in [5.74, 6) is 0.849. The fourth-order valence-corrected chi connectivity index (χ4v) is 4.65. The Morgan fingerprint density at radius 3 is 2.79 bits per heavy atom. The number of rotatable bonds is 6. The number of aromatic nitrogens is 4. The van der Waals surface area contributed by atoms with Gasteiger partial charge in [0.1, 0.15) is 0 Å². The van der Waals surface area contributed by atoms with Crippen LogP contribution in [0.1, 0.15) is 24.2 Å². The van der Waals surface area contributed by atoms with Gasteiger partial charge in [-0.2, -0.15) is 0 Å². The highest BCUT2D eigenvalue weighted by atomic mass is 32.2. The van der Waals surface area contributed by atoms with E-state index in [9.17, 15) is 9.59 Å². The van der Waals surface area contributed by atoms with Crippen molar-refractivity contribution in [1.82, 2.24) is 30.6 Å². The molecule has 2 saturated heterocycles. The molecule has 0 atom stereocenters. The molecule has 168 valence electrons. The van der Waals surface area contributed by atoms with E-state index in [1.165, 1.54) is 0 Å². The highest BCUT2D eigenvalue weighted by molar-refractivity contribution is 8.18. The van der Waals surface area contributed by atoms with E-state index < -0.39 is 0 Å². The van der Waals surface area contributed by atoms with Crippen molar-refractivity contribution in [3.8, 4) is 0 Å². The number of amides is 2. The van der Waals surface area contributed by atoms with Gasteiger partial charge in [0.25, 0.3) is 11.1 Å². The highest BCUT2D eigenvalue weighted by Crippen LogP contribution is 2.26. The summed E-state index contributed by atoms with van der Waals surface area (Å²) in [6, 6.07) is 9.78. The molecule has 0 bridgehead atoms. The highest BCUT2D eigenvalue weighted by Gasteiger charge is 2.25. The standard InChI is InChI=1S/C23H23N7O2S/c31-21-19(33-23(32)29-21)12-17-5-9-26-22(28-17)30-10-6-15(7-11-30)13-24-14-18-4-3-16-2-1-8-25-20(16)27-18/h1-5,8-9,12,15,24H,6-7,10-11,13-14H2,(H,29,31,32)/b19-12-. The lowest BCUT2D eigenvalue weighted by molar-refractivity contribution is -0.115. The topological polar surface area (TPSA) is 113 Å². The summed E-state index contributed by atoms with van der Waals surface area (Å²) < 4.78 is 0. The Kier molecular flexibility index (Phi) is 6.27. The number of nitrogens with one attached hydrogen (secondary N) is 2. The number of thioether (sulfide) groups is 1. The molecule has 0 aromatic carbocycles. The molecule has 10 heteroatoms. The Morgan fingerprint density at radius 2 is 1.97 bits per heavy atom. The summed E-state index contributed by atoms with van der Waals surface area (Å²) >= 11 is 0.889. The summed E-state index contributed by atoms with van der Waals surface area (Å²) in [7, 11) is 0. The number of fused-ring (bicyclic) bond motifs is 1. The molecular weight excluding hydrogens is 438 g/mol. The normalized spacial score (nSPS) is 18.3. The van der Waals surface area contributed by atoms with Crippen LogP contribution in [0.25, 0.3) is 17.1 Å². The SMILES string of the molecule is O=C1NC(=O)/C(=C/c2ccnc(N3CCC(CNCc4ccc5cccnc5n4)CC3)n2)S1. The van der Waals surface area contributed by atoms with E-state index in [0.717, 1.165) is 67.5 Å². The smallest absolute Gasteiger partial charge is 0.290 e. The minimum atomic E-state index is -0.381. The Bertz CT molecular complexity index is 1220. The Balaban J connectivity index is 1.12. The number of hydrogen-bond acceptors (Lipinski definition) is 9. The molecule has 0 saturated carbocycles. The van der Waals surface area contributed by atoms with Crippen molar-refractivity contribution in [3.63, 3.8) is 0 Å². The van der Waals surface area contributed by atoms with Crippen LogP contribution < -0.4 is 15.5 Å². The first kappa shape index (κ1) is 21.5. The van der Waals surface area contributed by atoms with E-state index in [2.05, 4.69) is 41.5 Å². The number of carbonyl (C=O) groups excluding carboxylic acids is 2. The fraction of sp³-hybridized carbons (Fsp3) is 0.304. The fourth-order valence-electron chi connectivity index (χ4n) is 3.98. The second kappa shape index (κ2) is 9.63. The zero-order chi connectivity index (χ0) is 22.6. The second-order valence-electron chi connectivity index (χ2n) is 8.05. The third-order valence-corrected chi connectivity index (χ3v) is 6.55. The van der Waals surface area contributed by atoms with Gasteiger partial charge in [-0.05, 0) is 73.5 Å². The third kappa shape index (κ3) is 5.18. The molecular formula is C23H23N7O2S. The lowest BCUT2D eigenvalue weighted by Crippen LogP contribution is -2.38. The van der Waals surface area contributed by atoms with Gasteiger partial charge in [0.2, 0.25) is 5.95 Å². The zero-order valence-corrected chi connectivity index (χ0v) is 18.7. The van der Waals surface area contributed by atoms with Crippen LogP contribution in [-0.2, 0) is 11.3 Å². The lowest BCUT2D eigenvalue weighted by Gasteiger charge is -2.32. The van der Waals surface area contributed by atoms with Gasteiger partial charge in [-0.15, -0.1) is 0 Å². The zero-order valence-electron chi connectivity index (χ0n) is 17.9. The predicted octanol–water partition coefficient (Wildman–Crippen LogP) is 2.75. The van der Waals surface area contributed by atoms with Gasteiger partial charge in [-0.1, -0.05) is 0 Å². The van der Waals surface area contributed by atoms with Crippen LogP contribution >= 0.6 is 11.8 Å². The molecule has 5 rings (SSSR count). The van der Waals surface area contributed by atoms with Gasteiger partial charge in [0.15, 0.2) is 5.65 Å². The summed E-state index contributed by atoms with van der Waals surface area (Å²) in [6.45, 7) is 3.40. The van der Waals surface area contributed by atoms with Crippen LogP contribution in [0.15, 0.2) is 47.6 Å². The average molecular weight is 462 g/mol. The first-order valence-electron chi connectivity index (χ1n) is 10.9. The third-order valence-electron chi connectivity index (χ3n) is 5.74. The molecule has 2 aliphatic rings. The van der Waals surface area contributed by atoms with Gasteiger partial charge in [0, 0.05) is 37.4 Å². The maximum atomic E-state index is 11.8. The van der Waals surface area contributed by atoms with Crippen LogP contribution in [0, 0.1) is 5.92 Å². The molecule has 9 nitrogen and oxygen atoms in total. The van der Waals surface area contributed by atoms with Crippen molar-refractivity contribution in [3.05, 3.63) is 59.0 Å². The molecule has 2 N–H and O–H groups in total.